The minimum absolute atomic E-state index is 0.0650. The van der Waals surface area contributed by atoms with E-state index in [1.807, 2.05) is 6.07 Å². The third-order valence-electron chi connectivity index (χ3n) is 2.20. The third kappa shape index (κ3) is 2.53. The Balaban J connectivity index is 2.37. The molecule has 0 amide bonds. The lowest BCUT2D eigenvalue weighted by Gasteiger charge is -2.09. The fourth-order valence-corrected chi connectivity index (χ4v) is 1.55. The summed E-state index contributed by atoms with van der Waals surface area (Å²) in [5.41, 5.74) is 0.228. The van der Waals surface area contributed by atoms with Crippen LogP contribution in [0, 0.1) is 17.1 Å². The lowest BCUT2D eigenvalue weighted by Crippen LogP contribution is -1.89. The zero-order valence-electron chi connectivity index (χ0n) is 9.02. The second kappa shape index (κ2) is 4.94. The molecular weight excluding hydrogens is 257 g/mol. The summed E-state index contributed by atoms with van der Waals surface area (Å²) >= 11 is 5.74. The molecule has 3 nitrogen and oxygen atoms in total. The van der Waals surface area contributed by atoms with Gasteiger partial charge >= 0.3 is 0 Å². The number of ether oxygens (including phenoxy) is 1. The third-order valence-corrected chi connectivity index (χ3v) is 2.44. The Morgan fingerprint density at radius 1 is 1.17 bits per heavy atom. The highest BCUT2D eigenvalue weighted by Crippen LogP contribution is 2.33. The van der Waals surface area contributed by atoms with Crippen molar-refractivity contribution in [3.05, 3.63) is 52.8 Å². The smallest absolute Gasteiger partial charge is 0.169 e. The van der Waals surface area contributed by atoms with Gasteiger partial charge in [-0.15, -0.1) is 0 Å². The highest BCUT2D eigenvalue weighted by molar-refractivity contribution is 6.30. The maximum absolute atomic E-state index is 12.8. The van der Waals surface area contributed by atoms with Crippen LogP contribution in [-0.4, -0.2) is 5.11 Å². The van der Waals surface area contributed by atoms with Gasteiger partial charge in [0, 0.05) is 11.1 Å². The van der Waals surface area contributed by atoms with Gasteiger partial charge in [-0.3, -0.25) is 0 Å². The summed E-state index contributed by atoms with van der Waals surface area (Å²) in [6.45, 7) is 0. The Labute approximate surface area is 108 Å². The van der Waals surface area contributed by atoms with Gasteiger partial charge in [0.25, 0.3) is 0 Å². The van der Waals surface area contributed by atoms with Gasteiger partial charge in [-0.1, -0.05) is 11.6 Å². The number of phenols is 1. The second-order valence-electron chi connectivity index (χ2n) is 3.47. The number of rotatable bonds is 2. The quantitative estimate of drug-likeness (QED) is 0.895. The van der Waals surface area contributed by atoms with Crippen molar-refractivity contribution in [3.63, 3.8) is 0 Å². The predicted octanol–water partition coefficient (Wildman–Crippen LogP) is 3.85. The Morgan fingerprint density at radius 3 is 2.56 bits per heavy atom. The molecule has 2 rings (SSSR count). The van der Waals surface area contributed by atoms with Crippen LogP contribution in [0.15, 0.2) is 36.4 Å². The minimum Gasteiger partial charge on any atom is -0.504 e. The minimum atomic E-state index is -0.573. The fourth-order valence-electron chi connectivity index (χ4n) is 1.37. The van der Waals surface area contributed by atoms with Crippen LogP contribution < -0.4 is 4.74 Å². The van der Waals surface area contributed by atoms with Gasteiger partial charge < -0.3 is 9.84 Å². The van der Waals surface area contributed by atoms with Gasteiger partial charge in [-0.2, -0.15) is 5.26 Å². The number of phenolic OH excluding ortho intramolecular Hbond substituents is 1. The van der Waals surface area contributed by atoms with Gasteiger partial charge in [-0.25, -0.2) is 4.39 Å². The van der Waals surface area contributed by atoms with Crippen molar-refractivity contribution < 1.29 is 14.2 Å². The molecule has 0 aliphatic carbocycles. The van der Waals surface area contributed by atoms with Crippen molar-refractivity contribution in [2.45, 2.75) is 0 Å². The van der Waals surface area contributed by atoms with E-state index in [9.17, 15) is 9.50 Å². The molecule has 0 aliphatic rings. The first-order valence-corrected chi connectivity index (χ1v) is 5.34. The SMILES string of the molecule is N#Cc1cc(Cl)ccc1Oc1ccc(F)cc1O. The number of benzene rings is 2. The predicted molar refractivity (Wildman–Crippen MR) is 64.3 cm³/mol. The van der Waals surface area contributed by atoms with Crippen molar-refractivity contribution in [1.29, 1.82) is 5.26 Å². The summed E-state index contributed by atoms with van der Waals surface area (Å²) in [4.78, 5) is 0. The maximum Gasteiger partial charge on any atom is 0.169 e. The van der Waals surface area contributed by atoms with Crippen LogP contribution in [0.1, 0.15) is 5.56 Å². The summed E-state index contributed by atoms with van der Waals surface area (Å²) in [5, 5.41) is 18.8. The van der Waals surface area contributed by atoms with E-state index in [1.165, 1.54) is 18.2 Å². The van der Waals surface area contributed by atoms with Crippen molar-refractivity contribution in [3.8, 4) is 23.3 Å². The lowest BCUT2D eigenvalue weighted by atomic mass is 10.2. The monoisotopic (exact) mass is 263 g/mol. The molecule has 0 radical (unpaired) electrons. The number of hydrogen-bond donors (Lipinski definition) is 1. The molecule has 5 heteroatoms. The van der Waals surface area contributed by atoms with Gasteiger partial charge in [0.15, 0.2) is 11.5 Å². The molecule has 18 heavy (non-hydrogen) atoms. The molecule has 1 N–H and O–H groups in total. The second-order valence-corrected chi connectivity index (χ2v) is 3.90. The molecule has 0 spiro atoms. The zero-order chi connectivity index (χ0) is 13.1. The van der Waals surface area contributed by atoms with Gasteiger partial charge in [-0.05, 0) is 30.3 Å². The molecule has 0 atom stereocenters. The maximum atomic E-state index is 12.8. The number of hydrogen-bond acceptors (Lipinski definition) is 3. The van der Waals surface area contributed by atoms with Crippen LogP contribution in [0.4, 0.5) is 4.39 Å². The van der Waals surface area contributed by atoms with Crippen LogP contribution in [0.25, 0.3) is 0 Å². The summed E-state index contributed by atoms with van der Waals surface area (Å²) in [6, 6.07) is 9.78. The van der Waals surface area contributed by atoms with E-state index in [-0.39, 0.29) is 22.8 Å². The highest BCUT2D eigenvalue weighted by Gasteiger charge is 2.09. The molecule has 0 fully saturated rings. The van der Waals surface area contributed by atoms with Gasteiger partial charge in [0.05, 0.1) is 5.56 Å². The molecule has 0 aromatic heterocycles. The molecule has 0 saturated carbocycles. The van der Waals surface area contributed by atoms with E-state index in [4.69, 9.17) is 21.6 Å². The van der Waals surface area contributed by atoms with Crippen LogP contribution in [-0.2, 0) is 0 Å². The Bertz CT molecular complexity index is 637. The summed E-state index contributed by atoms with van der Waals surface area (Å²) in [5.74, 6) is -0.607. The number of nitrogens with zero attached hydrogens (tertiary/aromatic N) is 1. The molecule has 90 valence electrons. The molecule has 0 bridgehead atoms. The van der Waals surface area contributed by atoms with Crippen LogP contribution >= 0.6 is 11.6 Å². The average Bonchev–Trinajstić information content (AvgIpc) is 2.34. The fraction of sp³-hybridized carbons (Fsp3) is 0. The van der Waals surface area contributed by atoms with Crippen molar-refractivity contribution in [2.24, 2.45) is 0 Å². The van der Waals surface area contributed by atoms with Crippen LogP contribution in [0.5, 0.6) is 17.2 Å². The Hall–Kier alpha value is -2.25. The van der Waals surface area contributed by atoms with Gasteiger partial charge in [0.1, 0.15) is 17.6 Å². The average molecular weight is 264 g/mol. The van der Waals surface area contributed by atoms with E-state index >= 15 is 0 Å². The summed E-state index contributed by atoms with van der Waals surface area (Å²) < 4.78 is 18.1. The van der Waals surface area contributed by atoms with E-state index in [0.29, 0.717) is 5.02 Å². The van der Waals surface area contributed by atoms with Crippen molar-refractivity contribution in [1.82, 2.24) is 0 Å². The lowest BCUT2D eigenvalue weighted by molar-refractivity contribution is 0.406. The summed E-state index contributed by atoms with van der Waals surface area (Å²) in [6.07, 6.45) is 0. The van der Waals surface area contributed by atoms with Crippen LogP contribution in [0.3, 0.4) is 0 Å². The first-order chi connectivity index (χ1) is 8.60. The number of nitriles is 1. The molecule has 2 aromatic carbocycles. The normalized spacial score (nSPS) is 9.83. The number of halogens is 2. The molecule has 0 heterocycles. The Morgan fingerprint density at radius 2 is 1.89 bits per heavy atom. The zero-order valence-corrected chi connectivity index (χ0v) is 9.78. The van der Waals surface area contributed by atoms with Gasteiger partial charge in [0.2, 0.25) is 0 Å². The Kier molecular flexibility index (Phi) is 3.35. The van der Waals surface area contributed by atoms with Crippen LogP contribution in [0.2, 0.25) is 5.02 Å². The molecule has 2 aromatic rings. The largest absolute Gasteiger partial charge is 0.504 e. The standard InChI is InChI=1S/C13H7ClFNO2/c14-9-1-3-12(8(5-9)7-16)18-13-4-2-10(15)6-11(13)17/h1-6,17H. The highest BCUT2D eigenvalue weighted by atomic mass is 35.5. The first kappa shape index (κ1) is 12.2. The molecule has 0 unspecified atom stereocenters. The molecule has 0 saturated heterocycles. The summed E-state index contributed by atoms with van der Waals surface area (Å²) in [7, 11) is 0. The van der Waals surface area contributed by atoms with Crippen molar-refractivity contribution in [2.75, 3.05) is 0 Å². The van der Waals surface area contributed by atoms with E-state index < -0.39 is 5.82 Å². The topological polar surface area (TPSA) is 53.2 Å². The number of aromatic hydroxyl groups is 1. The molecule has 0 aliphatic heterocycles. The van der Waals surface area contributed by atoms with E-state index in [1.54, 1.807) is 6.07 Å². The van der Waals surface area contributed by atoms with E-state index in [0.717, 1.165) is 12.1 Å². The first-order valence-electron chi connectivity index (χ1n) is 4.96. The van der Waals surface area contributed by atoms with Crippen molar-refractivity contribution >= 4 is 11.6 Å². The van der Waals surface area contributed by atoms with E-state index in [2.05, 4.69) is 0 Å². The molecular formula is C13H7ClFNO2.